The molecule has 1 rings (SSSR count). The molecule has 0 aromatic carbocycles. The summed E-state index contributed by atoms with van der Waals surface area (Å²) in [6.07, 6.45) is 1.05. The summed E-state index contributed by atoms with van der Waals surface area (Å²) < 4.78 is 0. The second-order valence-corrected chi connectivity index (χ2v) is 4.88. The number of hydrogen-bond acceptors (Lipinski definition) is 4. The Morgan fingerprint density at radius 2 is 2.06 bits per heavy atom. The number of hydrogen-bond donors (Lipinski definition) is 2. The Bertz CT molecular complexity index is 296. The van der Waals surface area contributed by atoms with Gasteiger partial charge in [0.2, 0.25) is 5.91 Å². The zero-order valence-corrected chi connectivity index (χ0v) is 10.1. The minimum absolute atomic E-state index is 0.0399. The van der Waals surface area contributed by atoms with Crippen LogP contribution in [0.15, 0.2) is 0 Å². The number of nitrogens with two attached hydrogens (primary N) is 1. The van der Waals surface area contributed by atoms with Crippen LogP contribution in [-0.4, -0.2) is 40.0 Å². The van der Waals surface area contributed by atoms with E-state index in [1.54, 1.807) is 4.90 Å². The molecule has 5 nitrogen and oxygen atoms in total. The van der Waals surface area contributed by atoms with Gasteiger partial charge in [0.15, 0.2) is 5.78 Å². The molecular weight excluding hydrogens is 208 g/mol. The summed E-state index contributed by atoms with van der Waals surface area (Å²) in [5, 5.41) is 9.57. The van der Waals surface area contributed by atoms with Crippen molar-refractivity contribution >= 4 is 11.7 Å². The SMILES string of the molecule is CC(=O)[C@@H]1[C@@H](CC(C)(N)O)CCN1C(C)=O. The first-order chi connectivity index (χ1) is 7.22. The maximum absolute atomic E-state index is 11.5. The molecule has 3 N–H and O–H groups in total. The molecular formula is C11H20N2O3. The summed E-state index contributed by atoms with van der Waals surface area (Å²) in [5.41, 5.74) is 4.25. The van der Waals surface area contributed by atoms with Crippen LogP contribution in [0, 0.1) is 5.92 Å². The highest BCUT2D eigenvalue weighted by molar-refractivity contribution is 5.87. The van der Waals surface area contributed by atoms with E-state index in [4.69, 9.17) is 5.73 Å². The van der Waals surface area contributed by atoms with Gasteiger partial charge in [-0.25, -0.2) is 0 Å². The van der Waals surface area contributed by atoms with Crippen LogP contribution in [0.25, 0.3) is 0 Å². The van der Waals surface area contributed by atoms with Gasteiger partial charge >= 0.3 is 0 Å². The van der Waals surface area contributed by atoms with Crippen molar-refractivity contribution in [3.63, 3.8) is 0 Å². The third-order valence-corrected chi connectivity index (χ3v) is 3.02. The molecule has 1 unspecified atom stereocenters. The van der Waals surface area contributed by atoms with E-state index in [1.807, 2.05) is 0 Å². The van der Waals surface area contributed by atoms with E-state index in [0.717, 1.165) is 6.42 Å². The van der Waals surface area contributed by atoms with E-state index < -0.39 is 11.8 Å². The van der Waals surface area contributed by atoms with Crippen molar-refractivity contribution in [3.05, 3.63) is 0 Å². The largest absolute Gasteiger partial charge is 0.376 e. The normalized spacial score (nSPS) is 28.9. The van der Waals surface area contributed by atoms with Gasteiger partial charge in [-0.15, -0.1) is 0 Å². The minimum atomic E-state index is -1.29. The Balaban J connectivity index is 2.80. The molecule has 1 heterocycles. The molecule has 1 aliphatic rings. The van der Waals surface area contributed by atoms with Gasteiger partial charge in [0.1, 0.15) is 5.72 Å². The number of aliphatic hydroxyl groups is 1. The van der Waals surface area contributed by atoms with Gasteiger partial charge in [-0.05, 0) is 32.6 Å². The van der Waals surface area contributed by atoms with E-state index in [-0.39, 0.29) is 17.6 Å². The first-order valence-electron chi connectivity index (χ1n) is 5.51. The fourth-order valence-corrected chi connectivity index (χ4v) is 2.51. The van der Waals surface area contributed by atoms with Crippen LogP contribution in [0.1, 0.15) is 33.6 Å². The Kier molecular flexibility index (Phi) is 3.70. The molecule has 0 saturated carbocycles. The van der Waals surface area contributed by atoms with Crippen LogP contribution >= 0.6 is 0 Å². The molecule has 0 bridgehead atoms. The number of Topliss-reactive ketones (excluding diaryl/α,β-unsaturated/α-hetero) is 1. The number of carbonyl (C=O) groups excluding carboxylic acids is 2. The number of carbonyl (C=O) groups is 2. The van der Waals surface area contributed by atoms with Gasteiger partial charge in [-0.2, -0.15) is 0 Å². The number of rotatable bonds is 3. The lowest BCUT2D eigenvalue weighted by molar-refractivity contribution is -0.136. The maximum Gasteiger partial charge on any atom is 0.220 e. The van der Waals surface area contributed by atoms with E-state index >= 15 is 0 Å². The number of nitrogens with zero attached hydrogens (tertiary/aromatic N) is 1. The topological polar surface area (TPSA) is 83.6 Å². The van der Waals surface area contributed by atoms with Crippen LogP contribution in [-0.2, 0) is 9.59 Å². The Morgan fingerprint density at radius 3 is 2.44 bits per heavy atom. The molecule has 1 saturated heterocycles. The Morgan fingerprint density at radius 1 is 1.50 bits per heavy atom. The minimum Gasteiger partial charge on any atom is -0.376 e. The predicted octanol–water partition coefficient (Wildman–Crippen LogP) is -0.130. The van der Waals surface area contributed by atoms with Crippen LogP contribution in [0.5, 0.6) is 0 Å². The van der Waals surface area contributed by atoms with Crippen molar-refractivity contribution in [1.82, 2.24) is 4.90 Å². The lowest BCUT2D eigenvalue weighted by atomic mass is 9.89. The molecule has 1 amide bonds. The quantitative estimate of drug-likeness (QED) is 0.659. The molecule has 5 heteroatoms. The average Bonchev–Trinajstić information content (AvgIpc) is 2.44. The summed E-state index contributed by atoms with van der Waals surface area (Å²) in [5.74, 6) is -0.178. The van der Waals surface area contributed by atoms with E-state index in [9.17, 15) is 14.7 Å². The van der Waals surface area contributed by atoms with Gasteiger partial charge in [0, 0.05) is 13.5 Å². The third kappa shape index (κ3) is 3.02. The van der Waals surface area contributed by atoms with Gasteiger partial charge in [0.25, 0.3) is 0 Å². The van der Waals surface area contributed by atoms with Gasteiger partial charge < -0.3 is 15.7 Å². The van der Waals surface area contributed by atoms with Gasteiger partial charge in [-0.1, -0.05) is 0 Å². The lowest BCUT2D eigenvalue weighted by Gasteiger charge is -2.28. The summed E-state index contributed by atoms with van der Waals surface area (Å²) >= 11 is 0. The fraction of sp³-hybridized carbons (Fsp3) is 0.818. The highest BCUT2D eigenvalue weighted by Crippen LogP contribution is 2.30. The number of ketones is 1. The molecule has 92 valence electrons. The Hall–Kier alpha value is -0.940. The van der Waals surface area contributed by atoms with Crippen molar-refractivity contribution in [2.75, 3.05) is 6.54 Å². The lowest BCUT2D eigenvalue weighted by Crippen LogP contribution is -2.45. The predicted molar refractivity (Wildman–Crippen MR) is 59.4 cm³/mol. The molecule has 16 heavy (non-hydrogen) atoms. The number of amides is 1. The molecule has 0 aliphatic carbocycles. The zero-order valence-electron chi connectivity index (χ0n) is 10.1. The molecule has 0 spiro atoms. The average molecular weight is 228 g/mol. The van der Waals surface area contributed by atoms with Crippen molar-refractivity contribution < 1.29 is 14.7 Å². The molecule has 1 aliphatic heterocycles. The molecule has 0 aromatic rings. The van der Waals surface area contributed by atoms with E-state index in [1.165, 1.54) is 20.8 Å². The maximum atomic E-state index is 11.5. The second kappa shape index (κ2) is 4.51. The van der Waals surface area contributed by atoms with Gasteiger partial charge in [0.05, 0.1) is 6.04 Å². The van der Waals surface area contributed by atoms with Crippen LogP contribution < -0.4 is 5.73 Å². The van der Waals surface area contributed by atoms with E-state index in [0.29, 0.717) is 13.0 Å². The standard InChI is InChI=1S/C11H20N2O3/c1-7(14)10-9(6-11(3,12)16)4-5-13(10)8(2)15/h9-10,16H,4-6,12H2,1-3H3/t9-,10-,11?/m1/s1. The smallest absolute Gasteiger partial charge is 0.220 e. The molecule has 0 aromatic heterocycles. The van der Waals surface area contributed by atoms with Crippen molar-refractivity contribution in [2.24, 2.45) is 11.7 Å². The highest BCUT2D eigenvalue weighted by Gasteiger charge is 2.40. The van der Waals surface area contributed by atoms with Crippen LogP contribution in [0.4, 0.5) is 0 Å². The summed E-state index contributed by atoms with van der Waals surface area (Å²) in [7, 11) is 0. The van der Waals surface area contributed by atoms with Crippen molar-refractivity contribution in [1.29, 1.82) is 0 Å². The third-order valence-electron chi connectivity index (χ3n) is 3.02. The van der Waals surface area contributed by atoms with Crippen molar-refractivity contribution in [3.8, 4) is 0 Å². The fourth-order valence-electron chi connectivity index (χ4n) is 2.51. The van der Waals surface area contributed by atoms with Gasteiger partial charge in [-0.3, -0.25) is 9.59 Å². The highest BCUT2D eigenvalue weighted by atomic mass is 16.3. The molecule has 0 radical (unpaired) electrons. The summed E-state index contributed by atoms with van der Waals surface area (Å²) in [6.45, 7) is 5.02. The monoisotopic (exact) mass is 228 g/mol. The van der Waals surface area contributed by atoms with Crippen LogP contribution in [0.2, 0.25) is 0 Å². The Labute approximate surface area is 95.6 Å². The van der Waals surface area contributed by atoms with E-state index in [2.05, 4.69) is 0 Å². The second-order valence-electron chi connectivity index (χ2n) is 4.88. The molecule has 3 atom stereocenters. The first kappa shape index (κ1) is 13.1. The first-order valence-corrected chi connectivity index (χ1v) is 5.51. The summed E-state index contributed by atoms with van der Waals surface area (Å²) in [6, 6.07) is -0.424. The summed E-state index contributed by atoms with van der Waals surface area (Å²) in [4.78, 5) is 24.5. The van der Waals surface area contributed by atoms with Crippen LogP contribution in [0.3, 0.4) is 0 Å². The molecule has 1 fully saturated rings. The number of likely N-dealkylation sites (tertiary alicyclic amines) is 1. The zero-order chi connectivity index (χ0) is 12.5. The van der Waals surface area contributed by atoms with Crippen molar-refractivity contribution in [2.45, 2.75) is 45.4 Å².